The summed E-state index contributed by atoms with van der Waals surface area (Å²) in [5, 5.41) is 4.01. The lowest BCUT2D eigenvalue weighted by Gasteiger charge is -2.34. The number of hydrogen-bond acceptors (Lipinski definition) is 6. The molecule has 36 heavy (non-hydrogen) atoms. The fourth-order valence-electron chi connectivity index (χ4n) is 4.66. The SMILES string of the molecule is COc1ccc([C@H](c2oc3ccccc3c2NC(=O)c2ccc(C)cc2)N2CCOCC2)c(OC)c1. The molecular formula is C29H30N2O5. The van der Waals surface area contributed by atoms with E-state index in [1.165, 1.54) is 0 Å². The minimum Gasteiger partial charge on any atom is -0.497 e. The number of nitrogens with one attached hydrogen (secondary N) is 1. The van der Waals surface area contributed by atoms with Crippen LogP contribution in [0.2, 0.25) is 0 Å². The van der Waals surface area contributed by atoms with Gasteiger partial charge in [-0.05, 0) is 43.3 Å². The highest BCUT2D eigenvalue weighted by atomic mass is 16.5. The van der Waals surface area contributed by atoms with Gasteiger partial charge in [0.25, 0.3) is 5.91 Å². The Morgan fingerprint density at radius 1 is 0.972 bits per heavy atom. The Bertz CT molecular complexity index is 1360. The standard InChI is InChI=1S/C29H30N2O5/c1-19-8-10-20(11-9-19)29(32)30-26-22-6-4-5-7-24(22)36-28(26)27(31-14-16-35-17-15-31)23-13-12-21(33-2)18-25(23)34-3/h4-13,18,27H,14-17H2,1-3H3,(H,30,32)/t27-/m1/s1. The second-order valence-corrected chi connectivity index (χ2v) is 8.82. The van der Waals surface area contributed by atoms with Crippen molar-refractivity contribution >= 4 is 22.6 Å². The zero-order chi connectivity index (χ0) is 25.1. The summed E-state index contributed by atoms with van der Waals surface area (Å²) in [6.45, 7) is 4.64. The van der Waals surface area contributed by atoms with Crippen molar-refractivity contribution in [1.29, 1.82) is 0 Å². The summed E-state index contributed by atoms with van der Waals surface area (Å²) in [7, 11) is 3.28. The summed E-state index contributed by atoms with van der Waals surface area (Å²) in [5.41, 5.74) is 3.97. The summed E-state index contributed by atoms with van der Waals surface area (Å²) in [4.78, 5) is 15.6. The van der Waals surface area contributed by atoms with E-state index in [-0.39, 0.29) is 11.9 Å². The fraction of sp³-hybridized carbons (Fsp3) is 0.276. The number of carbonyl (C=O) groups is 1. The van der Waals surface area contributed by atoms with E-state index in [9.17, 15) is 4.79 Å². The van der Waals surface area contributed by atoms with Crippen LogP contribution in [0, 0.1) is 6.92 Å². The molecule has 0 saturated carbocycles. The zero-order valence-electron chi connectivity index (χ0n) is 20.7. The Morgan fingerprint density at radius 2 is 1.72 bits per heavy atom. The summed E-state index contributed by atoms with van der Waals surface area (Å²) in [6.07, 6.45) is 0. The van der Waals surface area contributed by atoms with Crippen LogP contribution in [0.1, 0.15) is 33.3 Å². The minimum atomic E-state index is -0.310. The highest BCUT2D eigenvalue weighted by molar-refractivity contribution is 6.09. The van der Waals surface area contributed by atoms with E-state index >= 15 is 0 Å². The van der Waals surface area contributed by atoms with E-state index in [0.717, 1.165) is 16.5 Å². The summed E-state index contributed by atoms with van der Waals surface area (Å²) >= 11 is 0. The molecule has 186 valence electrons. The number of anilines is 1. The Morgan fingerprint density at radius 3 is 2.44 bits per heavy atom. The average molecular weight is 487 g/mol. The van der Waals surface area contributed by atoms with Crippen LogP contribution in [0.5, 0.6) is 11.5 Å². The molecular weight excluding hydrogens is 456 g/mol. The number of fused-ring (bicyclic) bond motifs is 1. The molecule has 1 fully saturated rings. The Kier molecular flexibility index (Phi) is 6.93. The number of furan rings is 1. The van der Waals surface area contributed by atoms with E-state index in [0.29, 0.717) is 60.4 Å². The van der Waals surface area contributed by atoms with Crippen LogP contribution in [0.4, 0.5) is 5.69 Å². The van der Waals surface area contributed by atoms with Crippen molar-refractivity contribution in [2.75, 3.05) is 45.8 Å². The van der Waals surface area contributed by atoms with Crippen molar-refractivity contribution < 1.29 is 23.4 Å². The second-order valence-electron chi connectivity index (χ2n) is 8.82. The highest BCUT2D eigenvalue weighted by Crippen LogP contribution is 2.44. The molecule has 0 radical (unpaired) electrons. The molecule has 1 saturated heterocycles. The molecule has 0 spiro atoms. The molecule has 1 aromatic heterocycles. The van der Waals surface area contributed by atoms with Crippen molar-refractivity contribution in [1.82, 2.24) is 4.90 Å². The summed E-state index contributed by atoms with van der Waals surface area (Å²) in [5.74, 6) is 1.85. The molecule has 1 aliphatic heterocycles. The van der Waals surface area contributed by atoms with Crippen LogP contribution in [-0.2, 0) is 4.74 Å². The van der Waals surface area contributed by atoms with Crippen LogP contribution in [0.15, 0.2) is 71.1 Å². The Hall–Kier alpha value is -3.81. The number of morpholine rings is 1. The quantitative estimate of drug-likeness (QED) is 0.375. The number of carbonyl (C=O) groups excluding carboxylic acids is 1. The van der Waals surface area contributed by atoms with Crippen molar-refractivity contribution in [3.63, 3.8) is 0 Å². The topological polar surface area (TPSA) is 73.2 Å². The molecule has 1 atom stereocenters. The lowest BCUT2D eigenvalue weighted by atomic mass is 9.98. The molecule has 7 heteroatoms. The first kappa shape index (κ1) is 23.9. The number of aryl methyl sites for hydroxylation is 1. The normalized spacial score (nSPS) is 15.0. The van der Waals surface area contributed by atoms with Crippen LogP contribution >= 0.6 is 0 Å². The number of nitrogens with zero attached hydrogens (tertiary/aromatic N) is 1. The number of benzene rings is 3. The number of para-hydroxylation sites is 1. The van der Waals surface area contributed by atoms with Crippen LogP contribution in [0.25, 0.3) is 11.0 Å². The molecule has 2 heterocycles. The minimum absolute atomic E-state index is 0.190. The van der Waals surface area contributed by atoms with Gasteiger partial charge in [-0.3, -0.25) is 9.69 Å². The largest absolute Gasteiger partial charge is 0.497 e. The first-order valence-corrected chi connectivity index (χ1v) is 12.0. The molecule has 3 aromatic carbocycles. The highest BCUT2D eigenvalue weighted by Gasteiger charge is 2.33. The maximum absolute atomic E-state index is 13.3. The molecule has 5 rings (SSSR count). The molecule has 0 unspecified atom stereocenters. The van der Waals surface area contributed by atoms with Gasteiger partial charge < -0.3 is 23.9 Å². The van der Waals surface area contributed by atoms with Gasteiger partial charge in [0.15, 0.2) is 5.76 Å². The molecule has 1 amide bonds. The molecule has 0 bridgehead atoms. The van der Waals surface area contributed by atoms with E-state index in [4.69, 9.17) is 18.6 Å². The first-order chi connectivity index (χ1) is 17.6. The van der Waals surface area contributed by atoms with E-state index in [1.807, 2.05) is 73.7 Å². The molecule has 4 aromatic rings. The summed E-state index contributed by atoms with van der Waals surface area (Å²) in [6, 6.07) is 20.8. The lowest BCUT2D eigenvalue weighted by molar-refractivity contribution is 0.0202. The summed E-state index contributed by atoms with van der Waals surface area (Å²) < 4.78 is 23.4. The Balaban J connectivity index is 1.66. The van der Waals surface area contributed by atoms with Gasteiger partial charge in [-0.1, -0.05) is 29.8 Å². The van der Waals surface area contributed by atoms with Gasteiger partial charge in [0, 0.05) is 35.7 Å². The number of rotatable bonds is 7. The molecule has 1 N–H and O–H groups in total. The van der Waals surface area contributed by atoms with Crippen molar-refractivity contribution in [3.05, 3.63) is 89.2 Å². The maximum Gasteiger partial charge on any atom is 0.255 e. The third-order valence-corrected chi connectivity index (χ3v) is 6.57. The fourth-order valence-corrected chi connectivity index (χ4v) is 4.66. The van der Waals surface area contributed by atoms with Crippen molar-refractivity contribution in [3.8, 4) is 11.5 Å². The molecule has 0 aliphatic carbocycles. The first-order valence-electron chi connectivity index (χ1n) is 12.0. The molecule has 7 nitrogen and oxygen atoms in total. The number of hydrogen-bond donors (Lipinski definition) is 1. The third-order valence-electron chi connectivity index (χ3n) is 6.57. The number of ether oxygens (including phenoxy) is 3. The smallest absolute Gasteiger partial charge is 0.255 e. The monoisotopic (exact) mass is 486 g/mol. The third kappa shape index (κ3) is 4.67. The average Bonchev–Trinajstić information content (AvgIpc) is 3.27. The maximum atomic E-state index is 13.3. The van der Waals surface area contributed by atoms with Gasteiger partial charge in [-0.2, -0.15) is 0 Å². The second kappa shape index (κ2) is 10.4. The predicted molar refractivity (Wildman–Crippen MR) is 139 cm³/mol. The Labute approximate surface area is 210 Å². The van der Waals surface area contributed by atoms with Gasteiger partial charge in [0.1, 0.15) is 17.1 Å². The number of methoxy groups -OCH3 is 2. The van der Waals surface area contributed by atoms with Gasteiger partial charge in [0.2, 0.25) is 0 Å². The van der Waals surface area contributed by atoms with Crippen LogP contribution in [0.3, 0.4) is 0 Å². The van der Waals surface area contributed by atoms with Crippen LogP contribution in [-0.4, -0.2) is 51.3 Å². The predicted octanol–water partition coefficient (Wildman–Crippen LogP) is 5.43. The van der Waals surface area contributed by atoms with Gasteiger partial charge in [-0.25, -0.2) is 0 Å². The van der Waals surface area contributed by atoms with E-state index in [1.54, 1.807) is 14.2 Å². The zero-order valence-corrected chi connectivity index (χ0v) is 20.7. The van der Waals surface area contributed by atoms with Crippen molar-refractivity contribution in [2.24, 2.45) is 0 Å². The van der Waals surface area contributed by atoms with Crippen molar-refractivity contribution in [2.45, 2.75) is 13.0 Å². The van der Waals surface area contributed by atoms with Crippen LogP contribution < -0.4 is 14.8 Å². The molecule has 1 aliphatic rings. The van der Waals surface area contributed by atoms with E-state index in [2.05, 4.69) is 10.2 Å². The number of amides is 1. The van der Waals surface area contributed by atoms with E-state index < -0.39 is 0 Å². The van der Waals surface area contributed by atoms with Gasteiger partial charge in [0.05, 0.1) is 39.2 Å². The van der Waals surface area contributed by atoms with Gasteiger partial charge in [-0.15, -0.1) is 0 Å². The lowest BCUT2D eigenvalue weighted by Crippen LogP contribution is -2.39. The van der Waals surface area contributed by atoms with Gasteiger partial charge >= 0.3 is 0 Å².